The number of aryl methyl sites for hydroxylation is 2. The van der Waals surface area contributed by atoms with Crippen LogP contribution in [0.25, 0.3) is 11.4 Å². The van der Waals surface area contributed by atoms with Gasteiger partial charge in [0.25, 0.3) is 11.1 Å². The predicted octanol–water partition coefficient (Wildman–Crippen LogP) is 7.18. The number of hydrogen-bond acceptors (Lipinski definition) is 4. The minimum atomic E-state index is -0.730. The lowest BCUT2D eigenvalue weighted by Gasteiger charge is -2.20. The number of rotatable bonds is 10. The van der Waals surface area contributed by atoms with E-state index in [1.807, 2.05) is 124 Å². The van der Waals surface area contributed by atoms with Gasteiger partial charge in [0.05, 0.1) is 33.6 Å². The first-order valence-electron chi connectivity index (χ1n) is 14.7. The first-order chi connectivity index (χ1) is 21.9. The summed E-state index contributed by atoms with van der Waals surface area (Å²) < 4.78 is 16.0. The first kappa shape index (κ1) is 30.0. The number of benzene rings is 4. The molecule has 0 unspecified atom stereocenters. The van der Waals surface area contributed by atoms with Crippen LogP contribution in [0, 0.1) is 13.8 Å². The number of halogens is 1. The van der Waals surface area contributed by atoms with Crippen molar-refractivity contribution in [3.05, 3.63) is 162 Å². The van der Waals surface area contributed by atoms with Gasteiger partial charge in [-0.1, -0.05) is 66.7 Å². The first-order valence-corrected chi connectivity index (χ1v) is 15.5. The number of nitrogens with one attached hydrogen (secondary N) is 2. The van der Waals surface area contributed by atoms with Gasteiger partial charge in [-0.25, -0.2) is 9.36 Å². The van der Waals surface area contributed by atoms with Crippen LogP contribution in [0.15, 0.2) is 117 Å². The molecule has 0 amide bonds. The Hall–Kier alpha value is -5.02. The number of hydrogen-bond donors (Lipinski definition) is 2. The Labute approximate surface area is 269 Å². The molecule has 2 aromatic heterocycles. The maximum Gasteiger partial charge on any atom is 0.275 e. The highest BCUT2D eigenvalue weighted by molar-refractivity contribution is 9.10. The highest BCUT2D eigenvalue weighted by atomic mass is 79.9. The van der Waals surface area contributed by atoms with Crippen LogP contribution in [0.3, 0.4) is 0 Å². The molecular weight excluding hydrogens is 632 g/mol. The summed E-state index contributed by atoms with van der Waals surface area (Å²) in [6.45, 7) is 6.37. The minimum Gasteiger partial charge on any atom is -0.490 e. The van der Waals surface area contributed by atoms with Gasteiger partial charge in [-0.3, -0.25) is 19.8 Å². The van der Waals surface area contributed by atoms with Crippen molar-refractivity contribution in [2.24, 2.45) is 0 Å². The molecule has 0 aliphatic heterocycles. The molecule has 6 rings (SSSR count). The normalized spacial score (nSPS) is 11.2. The second kappa shape index (κ2) is 12.9. The van der Waals surface area contributed by atoms with E-state index >= 15 is 0 Å². The van der Waals surface area contributed by atoms with Crippen LogP contribution in [0.2, 0.25) is 0 Å². The van der Waals surface area contributed by atoms with E-state index in [1.165, 1.54) is 9.36 Å². The van der Waals surface area contributed by atoms with E-state index in [0.29, 0.717) is 68.6 Å². The van der Waals surface area contributed by atoms with Crippen molar-refractivity contribution in [2.75, 3.05) is 6.61 Å². The molecular formula is C36H33BrN4O4. The van der Waals surface area contributed by atoms with Crippen LogP contribution < -0.4 is 20.6 Å². The largest absolute Gasteiger partial charge is 0.490 e. The van der Waals surface area contributed by atoms with E-state index in [2.05, 4.69) is 26.1 Å². The Morgan fingerprint density at radius 2 is 1.20 bits per heavy atom. The molecule has 0 radical (unpaired) electrons. The third-order valence-electron chi connectivity index (χ3n) is 7.73. The molecule has 2 heterocycles. The number of nitrogens with zero attached hydrogens (tertiary/aromatic N) is 2. The summed E-state index contributed by atoms with van der Waals surface area (Å²) in [6.07, 6.45) is 0. The lowest BCUT2D eigenvalue weighted by atomic mass is 9.85. The zero-order chi connectivity index (χ0) is 31.5. The second-order valence-corrected chi connectivity index (χ2v) is 11.6. The lowest BCUT2D eigenvalue weighted by molar-refractivity contribution is 0.267. The topological polar surface area (TPSA) is 94.0 Å². The zero-order valence-electron chi connectivity index (χ0n) is 25.2. The SMILES string of the molecule is CCOc1cc(C(c2c(C)[nH]n(-c3ccccc3)c2=O)c2c(C)[nH]n(-c3ccccc3)c2=O)cc(Br)c1OCc1ccccc1. The molecule has 0 fully saturated rings. The molecule has 0 spiro atoms. The Morgan fingerprint density at radius 3 is 1.69 bits per heavy atom. The van der Waals surface area contributed by atoms with Crippen molar-refractivity contribution in [3.63, 3.8) is 0 Å². The van der Waals surface area contributed by atoms with Gasteiger partial charge in [-0.2, -0.15) is 0 Å². The Morgan fingerprint density at radius 1 is 0.711 bits per heavy atom. The molecule has 6 aromatic rings. The van der Waals surface area contributed by atoms with Gasteiger partial charge in [-0.05, 0) is 84.2 Å². The van der Waals surface area contributed by atoms with Crippen LogP contribution in [-0.2, 0) is 6.61 Å². The Balaban J connectivity index is 1.55. The van der Waals surface area contributed by atoms with Crippen LogP contribution in [0.5, 0.6) is 11.5 Å². The summed E-state index contributed by atoms with van der Waals surface area (Å²) in [4.78, 5) is 28.5. The fraction of sp³-hybridized carbons (Fsp3) is 0.167. The number of aromatic nitrogens is 4. The van der Waals surface area contributed by atoms with Gasteiger partial charge < -0.3 is 9.47 Å². The Kier molecular flexibility index (Phi) is 8.62. The van der Waals surface area contributed by atoms with E-state index in [9.17, 15) is 9.59 Å². The Bertz CT molecular complexity index is 1950. The molecule has 9 heteroatoms. The van der Waals surface area contributed by atoms with E-state index in [-0.39, 0.29) is 11.1 Å². The van der Waals surface area contributed by atoms with Crippen molar-refractivity contribution in [2.45, 2.75) is 33.3 Å². The van der Waals surface area contributed by atoms with Gasteiger partial charge in [0.15, 0.2) is 11.5 Å². The van der Waals surface area contributed by atoms with Crippen LogP contribution >= 0.6 is 15.9 Å². The van der Waals surface area contributed by atoms with Gasteiger partial charge in [0, 0.05) is 17.3 Å². The minimum absolute atomic E-state index is 0.242. The van der Waals surface area contributed by atoms with Crippen LogP contribution in [-0.4, -0.2) is 26.2 Å². The summed E-state index contributed by atoms with van der Waals surface area (Å²) >= 11 is 3.73. The predicted molar refractivity (Wildman–Crippen MR) is 179 cm³/mol. The lowest BCUT2D eigenvalue weighted by Crippen LogP contribution is -2.25. The zero-order valence-corrected chi connectivity index (χ0v) is 26.8. The van der Waals surface area contributed by atoms with Gasteiger partial charge >= 0.3 is 0 Å². The monoisotopic (exact) mass is 664 g/mol. The van der Waals surface area contributed by atoms with Crippen molar-refractivity contribution < 1.29 is 9.47 Å². The maximum absolute atomic E-state index is 14.2. The fourth-order valence-electron chi connectivity index (χ4n) is 5.68. The van der Waals surface area contributed by atoms with Crippen molar-refractivity contribution in [3.8, 4) is 22.9 Å². The summed E-state index contributed by atoms with van der Waals surface area (Å²) in [5.41, 5.74) is 4.86. The number of H-pyrrole nitrogens is 2. The van der Waals surface area contributed by atoms with E-state index in [4.69, 9.17) is 9.47 Å². The van der Waals surface area contributed by atoms with Gasteiger partial charge in [0.1, 0.15) is 6.61 Å². The molecule has 0 aliphatic rings. The molecule has 45 heavy (non-hydrogen) atoms. The van der Waals surface area contributed by atoms with E-state index < -0.39 is 5.92 Å². The smallest absolute Gasteiger partial charge is 0.275 e. The van der Waals surface area contributed by atoms with Gasteiger partial charge in [0.2, 0.25) is 0 Å². The van der Waals surface area contributed by atoms with Crippen LogP contribution in [0.1, 0.15) is 46.5 Å². The second-order valence-electron chi connectivity index (χ2n) is 10.7. The van der Waals surface area contributed by atoms with Crippen LogP contribution in [0.4, 0.5) is 0 Å². The molecule has 4 aromatic carbocycles. The summed E-state index contributed by atoms with van der Waals surface area (Å²) in [6, 6.07) is 32.4. The molecule has 0 bridgehead atoms. The number of ether oxygens (including phenoxy) is 2. The average molecular weight is 666 g/mol. The standard InChI is InChI=1S/C36H33BrN4O4/c1-4-44-30-21-26(20-29(37)34(30)45-22-25-14-8-5-9-15-25)33(31-23(2)38-40(35(31)42)27-16-10-6-11-17-27)32-24(3)39-41(36(32)43)28-18-12-7-13-19-28/h5-21,33,38-39H,4,22H2,1-3H3. The molecule has 0 aliphatic carbocycles. The molecule has 0 atom stereocenters. The van der Waals surface area contributed by atoms with E-state index in [0.717, 1.165) is 5.56 Å². The highest BCUT2D eigenvalue weighted by Crippen LogP contribution is 2.42. The van der Waals surface area contributed by atoms with Crippen molar-refractivity contribution in [1.82, 2.24) is 19.6 Å². The van der Waals surface area contributed by atoms with E-state index in [1.54, 1.807) is 0 Å². The summed E-state index contributed by atoms with van der Waals surface area (Å²) in [5, 5.41) is 6.50. The quantitative estimate of drug-likeness (QED) is 0.162. The summed E-state index contributed by atoms with van der Waals surface area (Å²) in [5.74, 6) is 0.324. The number of aromatic amines is 2. The molecule has 0 saturated heterocycles. The highest BCUT2D eigenvalue weighted by Gasteiger charge is 2.32. The number of para-hydroxylation sites is 2. The molecule has 228 valence electrons. The van der Waals surface area contributed by atoms with Gasteiger partial charge in [-0.15, -0.1) is 0 Å². The summed E-state index contributed by atoms with van der Waals surface area (Å²) in [7, 11) is 0. The molecule has 0 saturated carbocycles. The van der Waals surface area contributed by atoms with Crippen molar-refractivity contribution in [1.29, 1.82) is 0 Å². The fourth-order valence-corrected chi connectivity index (χ4v) is 6.26. The average Bonchev–Trinajstić information content (AvgIpc) is 3.52. The molecule has 8 nitrogen and oxygen atoms in total. The van der Waals surface area contributed by atoms with Crippen molar-refractivity contribution >= 4 is 15.9 Å². The maximum atomic E-state index is 14.2. The third kappa shape index (κ3) is 5.91. The molecule has 2 N–H and O–H groups in total. The third-order valence-corrected chi connectivity index (χ3v) is 8.32.